The first-order valence-electron chi connectivity index (χ1n) is 5.13. The molecule has 2 N–H and O–H groups in total. The lowest BCUT2D eigenvalue weighted by molar-refractivity contribution is -0.144. The van der Waals surface area contributed by atoms with E-state index in [1.165, 1.54) is 0 Å². The molecule has 6 heteroatoms. The molecule has 1 heterocycles. The lowest BCUT2D eigenvalue weighted by Gasteiger charge is -2.15. The van der Waals surface area contributed by atoms with Crippen LogP contribution in [-0.4, -0.2) is 23.2 Å². The van der Waals surface area contributed by atoms with Crippen LogP contribution < -0.4 is 4.72 Å². The van der Waals surface area contributed by atoms with Gasteiger partial charge in [0, 0.05) is 11.3 Å². The SMILES string of the molecule is C=C(C[C@@H](NSO)C(=O)OCC)c1cccs1. The molecular formula is C11H15NO3S2. The number of hydrogen-bond donors (Lipinski definition) is 2. The van der Waals surface area contributed by atoms with Crippen LogP contribution in [0.15, 0.2) is 24.1 Å². The molecule has 0 aliphatic heterocycles. The Morgan fingerprint density at radius 1 is 1.76 bits per heavy atom. The smallest absolute Gasteiger partial charge is 0.324 e. The van der Waals surface area contributed by atoms with Gasteiger partial charge >= 0.3 is 5.97 Å². The quantitative estimate of drug-likeness (QED) is 0.454. The van der Waals surface area contributed by atoms with Gasteiger partial charge in [0.05, 0.1) is 18.8 Å². The van der Waals surface area contributed by atoms with Crippen molar-refractivity contribution in [3.8, 4) is 0 Å². The minimum atomic E-state index is -0.584. The highest BCUT2D eigenvalue weighted by Crippen LogP contribution is 2.23. The predicted octanol–water partition coefficient (Wildman–Crippen LogP) is 2.79. The van der Waals surface area contributed by atoms with E-state index in [1.54, 1.807) is 18.3 Å². The zero-order valence-electron chi connectivity index (χ0n) is 9.51. The molecule has 94 valence electrons. The molecule has 0 radical (unpaired) electrons. The highest BCUT2D eigenvalue weighted by Gasteiger charge is 2.21. The highest BCUT2D eigenvalue weighted by molar-refractivity contribution is 7.91. The Labute approximate surface area is 109 Å². The van der Waals surface area contributed by atoms with Crippen molar-refractivity contribution in [3.63, 3.8) is 0 Å². The van der Waals surface area contributed by atoms with E-state index >= 15 is 0 Å². The normalized spacial score (nSPS) is 12.1. The van der Waals surface area contributed by atoms with Crippen molar-refractivity contribution < 1.29 is 14.1 Å². The summed E-state index contributed by atoms with van der Waals surface area (Å²) in [5, 5.41) is 1.95. The Bertz CT molecular complexity index is 365. The molecule has 1 aromatic heterocycles. The number of ether oxygens (including phenoxy) is 1. The van der Waals surface area contributed by atoms with Gasteiger partial charge in [-0.2, -0.15) is 0 Å². The van der Waals surface area contributed by atoms with E-state index in [2.05, 4.69) is 11.3 Å². The average Bonchev–Trinajstić information content (AvgIpc) is 2.82. The maximum Gasteiger partial charge on any atom is 0.324 e. The summed E-state index contributed by atoms with van der Waals surface area (Å²) in [7, 11) is 0. The Kier molecular flexibility index (Phi) is 6.28. The summed E-state index contributed by atoms with van der Waals surface area (Å²) < 4.78 is 16.3. The molecule has 1 aromatic rings. The van der Waals surface area contributed by atoms with E-state index in [0.29, 0.717) is 25.3 Å². The van der Waals surface area contributed by atoms with E-state index in [-0.39, 0.29) is 5.97 Å². The van der Waals surface area contributed by atoms with E-state index < -0.39 is 6.04 Å². The summed E-state index contributed by atoms with van der Waals surface area (Å²) in [6, 6.07) is 3.29. The first-order chi connectivity index (χ1) is 8.19. The van der Waals surface area contributed by atoms with E-state index in [4.69, 9.17) is 9.29 Å². The fourth-order valence-corrected chi connectivity index (χ4v) is 2.32. The van der Waals surface area contributed by atoms with Gasteiger partial charge in [0.2, 0.25) is 0 Å². The van der Waals surface area contributed by atoms with Crippen molar-refractivity contribution in [1.29, 1.82) is 0 Å². The maximum absolute atomic E-state index is 11.6. The molecular weight excluding hydrogens is 258 g/mol. The first kappa shape index (κ1) is 14.2. The predicted molar refractivity (Wildman–Crippen MR) is 71.7 cm³/mol. The molecule has 0 saturated carbocycles. The van der Waals surface area contributed by atoms with Gasteiger partial charge in [-0.25, -0.2) is 4.72 Å². The second kappa shape index (κ2) is 7.50. The van der Waals surface area contributed by atoms with Gasteiger partial charge in [0.25, 0.3) is 0 Å². The summed E-state index contributed by atoms with van der Waals surface area (Å²) in [6.45, 7) is 6.00. The topological polar surface area (TPSA) is 58.6 Å². The van der Waals surface area contributed by atoms with Crippen LogP contribution in [0.1, 0.15) is 18.2 Å². The van der Waals surface area contributed by atoms with Crippen molar-refractivity contribution in [2.75, 3.05) is 6.61 Å². The fourth-order valence-electron chi connectivity index (χ4n) is 1.31. The molecule has 1 rings (SSSR count). The molecule has 0 fully saturated rings. The van der Waals surface area contributed by atoms with Gasteiger partial charge < -0.3 is 9.29 Å². The van der Waals surface area contributed by atoms with Gasteiger partial charge in [0.1, 0.15) is 6.04 Å². The third-order valence-corrected chi connectivity index (χ3v) is 3.45. The summed E-state index contributed by atoms with van der Waals surface area (Å²) in [4.78, 5) is 12.6. The second-order valence-electron chi connectivity index (χ2n) is 3.30. The number of thiophene rings is 1. The van der Waals surface area contributed by atoms with Crippen LogP contribution in [0.25, 0.3) is 5.57 Å². The summed E-state index contributed by atoms with van der Waals surface area (Å²) in [5.41, 5.74) is 0.847. The standard InChI is InChI=1S/C11H15NO3S2/c1-3-15-11(13)9(12-17-14)7-8(2)10-5-4-6-16-10/h4-6,9,12,14H,2-3,7H2,1H3/t9-/m1/s1. The van der Waals surface area contributed by atoms with Crippen molar-refractivity contribution in [1.82, 2.24) is 4.72 Å². The molecule has 0 spiro atoms. The van der Waals surface area contributed by atoms with Crippen molar-refractivity contribution in [3.05, 3.63) is 29.0 Å². The van der Waals surface area contributed by atoms with Gasteiger partial charge in [-0.1, -0.05) is 12.6 Å². The minimum Gasteiger partial charge on any atom is -0.465 e. The van der Waals surface area contributed by atoms with Crippen LogP contribution in [0.4, 0.5) is 0 Å². The molecule has 0 amide bonds. The third kappa shape index (κ3) is 4.51. The van der Waals surface area contributed by atoms with Crippen LogP contribution >= 0.6 is 23.6 Å². The van der Waals surface area contributed by atoms with Gasteiger partial charge in [-0.15, -0.1) is 11.3 Å². The first-order valence-corrected chi connectivity index (χ1v) is 6.78. The molecule has 4 nitrogen and oxygen atoms in total. The van der Waals surface area contributed by atoms with Crippen molar-refractivity contribution in [2.24, 2.45) is 0 Å². The number of hydrogen-bond acceptors (Lipinski definition) is 6. The van der Waals surface area contributed by atoms with E-state index in [0.717, 1.165) is 10.5 Å². The second-order valence-corrected chi connectivity index (χ2v) is 4.66. The Hall–Kier alpha value is -0.820. The van der Waals surface area contributed by atoms with Crippen LogP contribution in [0.5, 0.6) is 0 Å². The molecule has 0 aromatic carbocycles. The number of carbonyl (C=O) groups is 1. The molecule has 17 heavy (non-hydrogen) atoms. The van der Waals surface area contributed by atoms with Crippen LogP contribution in [0.3, 0.4) is 0 Å². The van der Waals surface area contributed by atoms with Crippen LogP contribution in [-0.2, 0) is 9.53 Å². The molecule has 0 bridgehead atoms. The zero-order chi connectivity index (χ0) is 12.7. The summed E-state index contributed by atoms with van der Waals surface area (Å²) >= 11 is 1.98. The summed E-state index contributed by atoms with van der Waals surface area (Å²) in [6.07, 6.45) is 0.410. The van der Waals surface area contributed by atoms with Gasteiger partial charge in [-0.3, -0.25) is 4.79 Å². The van der Waals surface area contributed by atoms with Gasteiger partial charge in [0.15, 0.2) is 0 Å². The third-order valence-electron chi connectivity index (χ3n) is 2.09. The highest BCUT2D eigenvalue weighted by atomic mass is 32.2. The molecule has 1 atom stereocenters. The lowest BCUT2D eigenvalue weighted by Crippen LogP contribution is -2.34. The Balaban J connectivity index is 2.60. The Morgan fingerprint density at radius 3 is 3.06 bits per heavy atom. The van der Waals surface area contributed by atoms with Crippen LogP contribution in [0, 0.1) is 0 Å². The number of nitrogens with one attached hydrogen (secondary N) is 1. The summed E-state index contributed by atoms with van der Waals surface area (Å²) in [5.74, 6) is -0.383. The number of rotatable bonds is 7. The molecule has 0 aliphatic rings. The minimum absolute atomic E-state index is 0.318. The zero-order valence-corrected chi connectivity index (χ0v) is 11.1. The Morgan fingerprint density at radius 2 is 2.53 bits per heavy atom. The maximum atomic E-state index is 11.6. The van der Waals surface area contributed by atoms with E-state index in [1.807, 2.05) is 17.5 Å². The molecule has 0 unspecified atom stereocenters. The molecule has 0 saturated heterocycles. The number of carbonyl (C=O) groups excluding carboxylic acids is 1. The monoisotopic (exact) mass is 273 g/mol. The number of esters is 1. The van der Waals surface area contributed by atoms with Gasteiger partial charge in [-0.05, 0) is 23.9 Å². The lowest BCUT2D eigenvalue weighted by atomic mass is 10.1. The average molecular weight is 273 g/mol. The fraction of sp³-hybridized carbons (Fsp3) is 0.364. The van der Waals surface area contributed by atoms with Crippen molar-refractivity contribution in [2.45, 2.75) is 19.4 Å². The van der Waals surface area contributed by atoms with Crippen LogP contribution in [0.2, 0.25) is 0 Å². The van der Waals surface area contributed by atoms with E-state index in [9.17, 15) is 4.79 Å². The molecule has 0 aliphatic carbocycles. The largest absolute Gasteiger partial charge is 0.465 e. The van der Waals surface area contributed by atoms with Crippen molar-refractivity contribution >= 4 is 35.1 Å².